The number of nitrogens with zero attached hydrogens (tertiary/aromatic N) is 2. The molecule has 0 unspecified atom stereocenters. The van der Waals surface area contributed by atoms with Gasteiger partial charge in [0.2, 0.25) is 0 Å². The minimum atomic E-state index is -0.338. The smallest absolute Gasteiger partial charge is 0.276 e. The molecule has 0 bridgehead atoms. The number of nitro groups is 1. The maximum Gasteiger partial charge on any atom is 0.276 e. The Bertz CT molecular complexity index is 423. The van der Waals surface area contributed by atoms with E-state index in [9.17, 15) is 10.1 Å². The Hall–Kier alpha value is -1.68. The van der Waals surface area contributed by atoms with E-state index in [4.69, 9.17) is 0 Å². The highest BCUT2D eigenvalue weighted by Gasteiger charge is 2.11. The molecule has 1 fully saturated rings. The Labute approximate surface area is 101 Å². The Morgan fingerprint density at radius 2 is 2.00 bits per heavy atom. The number of hydrogen-bond donors (Lipinski definition) is 0. The molecule has 0 amide bonds. The molecule has 0 aromatic heterocycles. The first-order valence-electron chi connectivity index (χ1n) is 5.90. The average Bonchev–Trinajstić information content (AvgIpc) is 2.82. The third-order valence-electron chi connectivity index (χ3n) is 2.99. The van der Waals surface area contributed by atoms with Crippen LogP contribution in [0, 0.1) is 10.1 Å². The molecule has 0 saturated carbocycles. The second-order valence-electron chi connectivity index (χ2n) is 4.23. The summed E-state index contributed by atoms with van der Waals surface area (Å²) >= 11 is 0. The predicted octanol–water partition coefficient (Wildman–Crippen LogP) is 2.70. The highest BCUT2D eigenvalue weighted by atomic mass is 16.6. The van der Waals surface area contributed by atoms with Gasteiger partial charge in [-0.15, -0.1) is 0 Å². The molecule has 17 heavy (non-hydrogen) atoms. The van der Waals surface area contributed by atoms with E-state index in [0.29, 0.717) is 5.56 Å². The van der Waals surface area contributed by atoms with Crippen LogP contribution < -0.4 is 0 Å². The van der Waals surface area contributed by atoms with Crippen molar-refractivity contribution in [1.82, 2.24) is 4.90 Å². The quantitative estimate of drug-likeness (QED) is 0.592. The molecule has 0 spiro atoms. The van der Waals surface area contributed by atoms with Gasteiger partial charge >= 0.3 is 0 Å². The van der Waals surface area contributed by atoms with Crippen LogP contribution in [0.3, 0.4) is 0 Å². The molecule has 1 heterocycles. The van der Waals surface area contributed by atoms with E-state index in [2.05, 4.69) is 4.90 Å². The van der Waals surface area contributed by atoms with E-state index < -0.39 is 0 Å². The first-order valence-corrected chi connectivity index (χ1v) is 5.90. The molecule has 1 saturated heterocycles. The molecule has 0 atom stereocenters. The fraction of sp³-hybridized carbons (Fsp3) is 0.385. The van der Waals surface area contributed by atoms with Crippen LogP contribution in [0.5, 0.6) is 0 Å². The van der Waals surface area contributed by atoms with Gasteiger partial charge in [-0.25, -0.2) is 0 Å². The predicted molar refractivity (Wildman–Crippen MR) is 67.8 cm³/mol. The molecule has 0 aliphatic carbocycles. The zero-order chi connectivity index (χ0) is 12.1. The standard InChI is InChI=1S/C13H16N2O2/c16-15(17)13-8-2-1-6-12(13)7-5-11-14-9-3-4-10-14/h1-2,5-8H,3-4,9-11H2/b7-5+. The Morgan fingerprint density at radius 1 is 1.29 bits per heavy atom. The van der Waals surface area contributed by atoms with Gasteiger partial charge in [-0.05, 0) is 32.0 Å². The normalized spacial score (nSPS) is 16.7. The topological polar surface area (TPSA) is 46.4 Å². The zero-order valence-electron chi connectivity index (χ0n) is 9.71. The lowest BCUT2D eigenvalue weighted by atomic mass is 10.1. The number of benzene rings is 1. The van der Waals surface area contributed by atoms with Crippen molar-refractivity contribution in [2.24, 2.45) is 0 Å². The van der Waals surface area contributed by atoms with E-state index in [1.807, 2.05) is 18.2 Å². The third-order valence-corrected chi connectivity index (χ3v) is 2.99. The Balaban J connectivity index is 2.02. The number of hydrogen-bond acceptors (Lipinski definition) is 3. The molecule has 0 N–H and O–H groups in total. The largest absolute Gasteiger partial charge is 0.300 e. The molecule has 4 heteroatoms. The van der Waals surface area contributed by atoms with E-state index >= 15 is 0 Å². The molecule has 90 valence electrons. The summed E-state index contributed by atoms with van der Waals surface area (Å²) in [7, 11) is 0. The van der Waals surface area contributed by atoms with Gasteiger partial charge in [0.1, 0.15) is 0 Å². The molecule has 1 aliphatic rings. The average molecular weight is 232 g/mol. The van der Waals surface area contributed by atoms with Crippen LogP contribution in [0.2, 0.25) is 0 Å². The van der Waals surface area contributed by atoms with E-state index in [1.54, 1.807) is 12.1 Å². The van der Waals surface area contributed by atoms with Crippen LogP contribution in [0.25, 0.3) is 6.08 Å². The van der Waals surface area contributed by atoms with Gasteiger partial charge in [-0.2, -0.15) is 0 Å². The lowest BCUT2D eigenvalue weighted by Gasteiger charge is -2.10. The molecular formula is C13H16N2O2. The van der Waals surface area contributed by atoms with Gasteiger partial charge in [-0.3, -0.25) is 15.0 Å². The maximum absolute atomic E-state index is 10.8. The summed E-state index contributed by atoms with van der Waals surface area (Å²) in [5.41, 5.74) is 0.849. The van der Waals surface area contributed by atoms with Crippen molar-refractivity contribution in [3.05, 3.63) is 46.0 Å². The molecule has 1 aliphatic heterocycles. The van der Waals surface area contributed by atoms with Crippen LogP contribution in [-0.2, 0) is 0 Å². The highest BCUT2D eigenvalue weighted by molar-refractivity contribution is 5.60. The van der Waals surface area contributed by atoms with E-state index in [0.717, 1.165) is 19.6 Å². The van der Waals surface area contributed by atoms with Crippen LogP contribution in [0.1, 0.15) is 18.4 Å². The van der Waals surface area contributed by atoms with Gasteiger partial charge in [0.25, 0.3) is 5.69 Å². The summed E-state index contributed by atoms with van der Waals surface area (Å²) in [6.45, 7) is 3.16. The van der Waals surface area contributed by atoms with Crippen molar-refractivity contribution in [1.29, 1.82) is 0 Å². The van der Waals surface area contributed by atoms with Gasteiger partial charge in [0, 0.05) is 12.6 Å². The second-order valence-corrected chi connectivity index (χ2v) is 4.23. The van der Waals surface area contributed by atoms with Crippen LogP contribution >= 0.6 is 0 Å². The van der Waals surface area contributed by atoms with Crippen molar-refractivity contribution in [3.63, 3.8) is 0 Å². The highest BCUT2D eigenvalue weighted by Crippen LogP contribution is 2.19. The summed E-state index contributed by atoms with van der Waals surface area (Å²) in [6.07, 6.45) is 6.38. The molecular weight excluding hydrogens is 216 g/mol. The maximum atomic E-state index is 10.8. The SMILES string of the molecule is O=[N+]([O-])c1ccccc1/C=C/CN1CCCC1. The molecule has 4 nitrogen and oxygen atoms in total. The summed E-state index contributed by atoms with van der Waals surface area (Å²) in [5, 5.41) is 10.8. The van der Waals surface area contributed by atoms with Gasteiger partial charge in [0.15, 0.2) is 0 Å². The number of likely N-dealkylation sites (tertiary alicyclic amines) is 1. The number of rotatable bonds is 4. The molecule has 2 rings (SSSR count). The van der Waals surface area contributed by atoms with Gasteiger partial charge in [-0.1, -0.05) is 24.3 Å². The summed E-state index contributed by atoms with van der Waals surface area (Å²) < 4.78 is 0. The first-order chi connectivity index (χ1) is 8.27. The molecule has 1 aromatic carbocycles. The van der Waals surface area contributed by atoms with E-state index in [-0.39, 0.29) is 10.6 Å². The van der Waals surface area contributed by atoms with Crippen LogP contribution in [0.4, 0.5) is 5.69 Å². The summed E-state index contributed by atoms with van der Waals surface area (Å²) in [6, 6.07) is 6.83. The number of para-hydroxylation sites is 1. The second kappa shape index (κ2) is 5.59. The lowest BCUT2D eigenvalue weighted by molar-refractivity contribution is -0.385. The van der Waals surface area contributed by atoms with Gasteiger partial charge in [0.05, 0.1) is 10.5 Å². The minimum absolute atomic E-state index is 0.171. The summed E-state index contributed by atoms with van der Waals surface area (Å²) in [4.78, 5) is 12.8. The Kier molecular flexibility index (Phi) is 3.88. The van der Waals surface area contributed by atoms with Crippen molar-refractivity contribution < 1.29 is 4.92 Å². The van der Waals surface area contributed by atoms with Gasteiger partial charge < -0.3 is 0 Å². The molecule has 0 radical (unpaired) electrons. The summed E-state index contributed by atoms with van der Waals surface area (Å²) in [5.74, 6) is 0. The zero-order valence-corrected chi connectivity index (χ0v) is 9.71. The monoisotopic (exact) mass is 232 g/mol. The van der Waals surface area contributed by atoms with Crippen molar-refractivity contribution >= 4 is 11.8 Å². The fourth-order valence-corrected chi connectivity index (χ4v) is 2.09. The van der Waals surface area contributed by atoms with Crippen molar-refractivity contribution in [3.8, 4) is 0 Å². The fourth-order valence-electron chi connectivity index (χ4n) is 2.09. The van der Waals surface area contributed by atoms with Crippen molar-refractivity contribution in [2.45, 2.75) is 12.8 Å². The lowest BCUT2D eigenvalue weighted by Crippen LogP contribution is -2.18. The van der Waals surface area contributed by atoms with E-state index in [1.165, 1.54) is 18.9 Å². The first kappa shape index (κ1) is 11.8. The third kappa shape index (κ3) is 3.14. The Morgan fingerprint density at radius 3 is 2.71 bits per heavy atom. The minimum Gasteiger partial charge on any atom is -0.300 e. The van der Waals surface area contributed by atoms with Crippen LogP contribution in [-0.4, -0.2) is 29.5 Å². The van der Waals surface area contributed by atoms with Crippen molar-refractivity contribution in [2.75, 3.05) is 19.6 Å². The molecule has 1 aromatic rings. The number of nitro benzene ring substituents is 1. The van der Waals surface area contributed by atoms with Crippen LogP contribution in [0.15, 0.2) is 30.3 Å².